The van der Waals surface area contributed by atoms with Gasteiger partial charge in [-0.2, -0.15) is 17.0 Å². The molecule has 2 fully saturated rings. The van der Waals surface area contributed by atoms with Gasteiger partial charge in [0, 0.05) is 40.3 Å². The van der Waals surface area contributed by atoms with E-state index in [0.29, 0.717) is 26.1 Å². The van der Waals surface area contributed by atoms with Crippen LogP contribution < -0.4 is 0 Å². The van der Waals surface area contributed by atoms with Crippen molar-refractivity contribution in [1.29, 1.82) is 0 Å². The smallest absolute Gasteiger partial charge is 0.282 e. The van der Waals surface area contributed by atoms with E-state index in [2.05, 4.69) is 0 Å². The molecule has 1 unspecified atom stereocenters. The SMILES string of the molecule is CN1CCCC2(CCN(S(=O)(=O)N(C)Cc3ccccc3)C2)C1=O. The lowest BCUT2D eigenvalue weighted by molar-refractivity contribution is -0.143. The highest BCUT2D eigenvalue weighted by atomic mass is 32.2. The van der Waals surface area contributed by atoms with E-state index in [0.717, 1.165) is 24.9 Å². The summed E-state index contributed by atoms with van der Waals surface area (Å²) in [6.07, 6.45) is 2.34. The summed E-state index contributed by atoms with van der Waals surface area (Å²) in [5.74, 6) is 0.0946. The summed E-state index contributed by atoms with van der Waals surface area (Å²) in [5, 5.41) is 0. The van der Waals surface area contributed by atoms with Gasteiger partial charge in [-0.1, -0.05) is 30.3 Å². The number of likely N-dealkylation sites (tertiary alicyclic amines) is 1. The third-order valence-electron chi connectivity index (χ3n) is 5.24. The molecule has 1 spiro atoms. The molecule has 1 aromatic carbocycles. The summed E-state index contributed by atoms with van der Waals surface area (Å²) in [6, 6.07) is 9.54. The van der Waals surface area contributed by atoms with E-state index in [1.807, 2.05) is 37.4 Å². The molecule has 0 radical (unpaired) electrons. The monoisotopic (exact) mass is 351 g/mol. The van der Waals surface area contributed by atoms with Crippen molar-refractivity contribution in [3.63, 3.8) is 0 Å². The standard InChI is InChI=1S/C17H25N3O3S/c1-18-11-6-9-17(16(18)21)10-12-20(14-17)24(22,23)19(2)13-15-7-4-3-5-8-15/h3-5,7-8H,6,9-14H2,1-2H3. The van der Waals surface area contributed by atoms with Crippen LogP contribution in [-0.2, 0) is 21.5 Å². The molecule has 0 aliphatic carbocycles. The average molecular weight is 351 g/mol. The topological polar surface area (TPSA) is 60.9 Å². The van der Waals surface area contributed by atoms with E-state index < -0.39 is 15.6 Å². The Kier molecular flexibility index (Phi) is 4.68. The van der Waals surface area contributed by atoms with Gasteiger partial charge in [0.2, 0.25) is 5.91 Å². The van der Waals surface area contributed by atoms with Gasteiger partial charge in [0.25, 0.3) is 10.2 Å². The van der Waals surface area contributed by atoms with Crippen molar-refractivity contribution in [2.45, 2.75) is 25.8 Å². The first-order valence-electron chi connectivity index (χ1n) is 8.36. The third-order valence-corrected chi connectivity index (χ3v) is 7.12. The molecular formula is C17H25N3O3S. The predicted molar refractivity (Wildman–Crippen MR) is 92.3 cm³/mol. The molecule has 1 aromatic rings. The molecular weight excluding hydrogens is 326 g/mol. The van der Waals surface area contributed by atoms with Crippen molar-refractivity contribution < 1.29 is 13.2 Å². The fraction of sp³-hybridized carbons (Fsp3) is 0.588. The Labute approximate surface area is 144 Å². The number of carbonyl (C=O) groups is 1. The van der Waals surface area contributed by atoms with Gasteiger partial charge in [-0.3, -0.25) is 4.79 Å². The maximum atomic E-state index is 12.9. The summed E-state index contributed by atoms with van der Waals surface area (Å²) in [5.41, 5.74) is 0.430. The quantitative estimate of drug-likeness (QED) is 0.822. The van der Waals surface area contributed by atoms with Crippen LogP contribution in [0.4, 0.5) is 0 Å². The van der Waals surface area contributed by atoms with Crippen molar-refractivity contribution in [2.24, 2.45) is 5.41 Å². The van der Waals surface area contributed by atoms with Crippen LogP contribution in [0.25, 0.3) is 0 Å². The molecule has 2 aliphatic rings. The summed E-state index contributed by atoms with van der Waals surface area (Å²) < 4.78 is 28.6. The Morgan fingerprint density at radius 1 is 1.17 bits per heavy atom. The first-order chi connectivity index (χ1) is 11.3. The van der Waals surface area contributed by atoms with Crippen molar-refractivity contribution in [1.82, 2.24) is 13.5 Å². The van der Waals surface area contributed by atoms with E-state index >= 15 is 0 Å². The Balaban J connectivity index is 1.73. The molecule has 1 amide bonds. The van der Waals surface area contributed by atoms with Gasteiger partial charge in [-0.05, 0) is 24.8 Å². The Hall–Kier alpha value is -1.44. The maximum Gasteiger partial charge on any atom is 0.282 e. The van der Waals surface area contributed by atoms with Crippen molar-refractivity contribution in [2.75, 3.05) is 33.7 Å². The number of nitrogens with zero attached hydrogens (tertiary/aromatic N) is 3. The first-order valence-corrected chi connectivity index (χ1v) is 9.76. The minimum Gasteiger partial charge on any atom is -0.345 e. The minimum absolute atomic E-state index is 0.0946. The van der Waals surface area contributed by atoms with Gasteiger partial charge < -0.3 is 4.90 Å². The van der Waals surface area contributed by atoms with Crippen LogP contribution >= 0.6 is 0 Å². The molecule has 6 nitrogen and oxygen atoms in total. The molecule has 132 valence electrons. The number of piperidine rings is 1. The Morgan fingerprint density at radius 2 is 1.88 bits per heavy atom. The fourth-order valence-corrected chi connectivity index (χ4v) is 5.24. The molecule has 0 N–H and O–H groups in total. The zero-order valence-corrected chi connectivity index (χ0v) is 15.1. The lowest BCUT2D eigenvalue weighted by Gasteiger charge is -2.37. The highest BCUT2D eigenvalue weighted by Gasteiger charge is 2.50. The van der Waals surface area contributed by atoms with Crippen molar-refractivity contribution >= 4 is 16.1 Å². The van der Waals surface area contributed by atoms with Gasteiger partial charge in [0.15, 0.2) is 0 Å². The van der Waals surface area contributed by atoms with E-state index in [-0.39, 0.29) is 5.91 Å². The van der Waals surface area contributed by atoms with Crippen LogP contribution in [0.2, 0.25) is 0 Å². The van der Waals surface area contributed by atoms with Gasteiger partial charge in [0.1, 0.15) is 0 Å². The lowest BCUT2D eigenvalue weighted by Crippen LogP contribution is -2.49. The number of rotatable bonds is 4. The van der Waals surface area contributed by atoms with Gasteiger partial charge in [-0.15, -0.1) is 0 Å². The molecule has 3 rings (SSSR count). The molecule has 0 saturated carbocycles. The van der Waals surface area contributed by atoms with Crippen molar-refractivity contribution in [3.05, 3.63) is 35.9 Å². The predicted octanol–water partition coefficient (Wildman–Crippen LogP) is 1.31. The normalized spacial score (nSPS) is 25.8. The number of hydrogen-bond donors (Lipinski definition) is 0. The second-order valence-corrected chi connectivity index (χ2v) is 8.98. The molecule has 2 heterocycles. The van der Waals surface area contributed by atoms with E-state index in [4.69, 9.17) is 0 Å². The summed E-state index contributed by atoms with van der Waals surface area (Å²) in [4.78, 5) is 14.3. The second kappa shape index (κ2) is 6.46. The van der Waals surface area contributed by atoms with Gasteiger partial charge in [-0.25, -0.2) is 0 Å². The summed E-state index contributed by atoms with van der Waals surface area (Å²) in [7, 11) is -0.150. The van der Waals surface area contributed by atoms with Crippen LogP contribution in [0.15, 0.2) is 30.3 Å². The second-order valence-electron chi connectivity index (χ2n) is 6.94. The molecule has 24 heavy (non-hydrogen) atoms. The minimum atomic E-state index is -3.56. The van der Waals surface area contributed by atoms with Crippen molar-refractivity contribution in [3.8, 4) is 0 Å². The first kappa shape index (κ1) is 17.4. The molecule has 0 bridgehead atoms. The van der Waals surface area contributed by atoms with Crippen LogP contribution in [-0.4, -0.2) is 61.6 Å². The number of benzene rings is 1. The van der Waals surface area contributed by atoms with Gasteiger partial charge >= 0.3 is 0 Å². The summed E-state index contributed by atoms with van der Waals surface area (Å²) >= 11 is 0. The van der Waals surface area contributed by atoms with E-state index in [1.165, 1.54) is 8.61 Å². The largest absolute Gasteiger partial charge is 0.345 e. The number of amides is 1. The zero-order valence-electron chi connectivity index (χ0n) is 14.3. The molecule has 1 atom stereocenters. The number of hydrogen-bond acceptors (Lipinski definition) is 3. The van der Waals surface area contributed by atoms with E-state index in [1.54, 1.807) is 11.9 Å². The molecule has 7 heteroatoms. The average Bonchev–Trinajstić information content (AvgIpc) is 2.99. The zero-order chi connectivity index (χ0) is 17.4. The molecule has 0 aromatic heterocycles. The van der Waals surface area contributed by atoms with Crippen LogP contribution in [0, 0.1) is 5.41 Å². The van der Waals surface area contributed by atoms with Crippen LogP contribution in [0.5, 0.6) is 0 Å². The molecule has 2 aliphatic heterocycles. The fourth-order valence-electron chi connectivity index (χ4n) is 3.80. The summed E-state index contributed by atoms with van der Waals surface area (Å²) in [6.45, 7) is 1.82. The van der Waals surface area contributed by atoms with E-state index in [9.17, 15) is 13.2 Å². The number of carbonyl (C=O) groups excluding carboxylic acids is 1. The van der Waals surface area contributed by atoms with Crippen LogP contribution in [0.1, 0.15) is 24.8 Å². The molecule has 2 saturated heterocycles. The Bertz CT molecular complexity index is 707. The Morgan fingerprint density at radius 3 is 2.58 bits per heavy atom. The maximum absolute atomic E-state index is 12.9. The highest BCUT2D eigenvalue weighted by molar-refractivity contribution is 7.86. The third kappa shape index (κ3) is 3.08. The lowest BCUT2D eigenvalue weighted by atomic mass is 9.78. The highest BCUT2D eigenvalue weighted by Crippen LogP contribution is 2.40. The van der Waals surface area contributed by atoms with Gasteiger partial charge in [0.05, 0.1) is 5.41 Å². The van der Waals surface area contributed by atoms with Crippen LogP contribution in [0.3, 0.4) is 0 Å².